The topological polar surface area (TPSA) is 96.5 Å². The maximum atomic E-state index is 12.2. The Morgan fingerprint density at radius 2 is 1.84 bits per heavy atom. The van der Waals surface area contributed by atoms with Gasteiger partial charge in [-0.05, 0) is 36.4 Å². The molecule has 0 aromatic heterocycles. The molecular formula is C18H17N3O4. The van der Waals surface area contributed by atoms with Gasteiger partial charge < -0.3 is 20.7 Å². The lowest BCUT2D eigenvalue weighted by molar-refractivity contribution is -0.128. The first-order valence-electron chi connectivity index (χ1n) is 7.75. The van der Waals surface area contributed by atoms with Gasteiger partial charge in [0.15, 0.2) is 6.10 Å². The summed E-state index contributed by atoms with van der Waals surface area (Å²) in [6, 6.07) is 13.5. The van der Waals surface area contributed by atoms with Crippen molar-refractivity contribution in [1.82, 2.24) is 5.32 Å². The summed E-state index contributed by atoms with van der Waals surface area (Å²) >= 11 is 0. The van der Waals surface area contributed by atoms with Gasteiger partial charge in [0.1, 0.15) is 5.75 Å². The highest BCUT2D eigenvalue weighted by molar-refractivity contribution is 6.02. The number of para-hydroxylation sites is 2. The summed E-state index contributed by atoms with van der Waals surface area (Å²) < 4.78 is 5.59. The maximum absolute atomic E-state index is 12.2. The Labute approximate surface area is 144 Å². The monoisotopic (exact) mass is 339 g/mol. The number of hydrogen-bond acceptors (Lipinski definition) is 4. The molecule has 0 unspecified atom stereocenters. The van der Waals surface area contributed by atoms with Crippen LogP contribution in [-0.2, 0) is 9.59 Å². The number of nitrogens with one attached hydrogen (secondary N) is 3. The zero-order valence-electron chi connectivity index (χ0n) is 13.5. The number of benzene rings is 2. The van der Waals surface area contributed by atoms with Crippen LogP contribution in [0.1, 0.15) is 16.8 Å². The van der Waals surface area contributed by atoms with Gasteiger partial charge in [0.05, 0.1) is 12.1 Å². The fraction of sp³-hybridized carbons (Fsp3) is 0.167. The molecule has 1 heterocycles. The first kappa shape index (κ1) is 16.5. The fourth-order valence-corrected chi connectivity index (χ4v) is 2.46. The summed E-state index contributed by atoms with van der Waals surface area (Å²) in [6.45, 7) is 0. The van der Waals surface area contributed by atoms with Gasteiger partial charge in [-0.3, -0.25) is 14.4 Å². The number of fused-ring (bicyclic) bond motifs is 1. The lowest BCUT2D eigenvalue weighted by atomic mass is 10.1. The molecule has 0 fully saturated rings. The summed E-state index contributed by atoms with van der Waals surface area (Å²) in [5, 5.41) is 7.93. The quantitative estimate of drug-likeness (QED) is 0.791. The molecule has 1 aliphatic rings. The number of carbonyl (C=O) groups is 3. The molecule has 2 aromatic carbocycles. The minimum Gasteiger partial charge on any atom is -0.478 e. The Morgan fingerprint density at radius 3 is 2.56 bits per heavy atom. The molecule has 3 amide bonds. The third-order valence-corrected chi connectivity index (χ3v) is 3.74. The van der Waals surface area contributed by atoms with Crippen LogP contribution in [0.3, 0.4) is 0 Å². The number of hydrogen-bond donors (Lipinski definition) is 3. The van der Waals surface area contributed by atoms with E-state index in [1.54, 1.807) is 55.6 Å². The molecule has 3 N–H and O–H groups in total. The molecule has 0 bridgehead atoms. The first-order valence-corrected chi connectivity index (χ1v) is 7.75. The third kappa shape index (κ3) is 3.77. The van der Waals surface area contributed by atoms with Crippen LogP contribution >= 0.6 is 0 Å². The van der Waals surface area contributed by atoms with Crippen LogP contribution in [0.5, 0.6) is 5.75 Å². The lowest BCUT2D eigenvalue weighted by Gasteiger charge is -2.25. The van der Waals surface area contributed by atoms with Gasteiger partial charge in [0.2, 0.25) is 5.91 Å². The van der Waals surface area contributed by atoms with E-state index in [0.717, 1.165) is 0 Å². The number of anilines is 2. The summed E-state index contributed by atoms with van der Waals surface area (Å²) in [4.78, 5) is 35.7. The van der Waals surface area contributed by atoms with Gasteiger partial charge in [0, 0.05) is 18.3 Å². The minimum absolute atomic E-state index is 0.114. The van der Waals surface area contributed by atoms with E-state index in [0.29, 0.717) is 22.7 Å². The molecule has 0 saturated heterocycles. The van der Waals surface area contributed by atoms with Gasteiger partial charge in [-0.2, -0.15) is 0 Å². The molecular weight excluding hydrogens is 322 g/mol. The standard InChI is InChI=1S/C18H17N3O4/c1-19-17(23)11-6-8-12(9-7-11)20-16(22)10-15-18(24)21-13-4-2-3-5-14(13)25-15/h2-9,15H,10H2,1H3,(H,19,23)(H,20,22)(H,21,24)/t15-/m0/s1. The molecule has 0 saturated carbocycles. The van der Waals surface area contributed by atoms with Crippen LogP contribution in [0, 0.1) is 0 Å². The van der Waals surface area contributed by atoms with E-state index in [-0.39, 0.29) is 24.1 Å². The van der Waals surface area contributed by atoms with Crippen LogP contribution in [0.4, 0.5) is 11.4 Å². The van der Waals surface area contributed by atoms with Gasteiger partial charge in [-0.15, -0.1) is 0 Å². The highest BCUT2D eigenvalue weighted by atomic mass is 16.5. The van der Waals surface area contributed by atoms with Crippen LogP contribution in [0.25, 0.3) is 0 Å². The van der Waals surface area contributed by atoms with Crippen LogP contribution < -0.4 is 20.7 Å². The number of rotatable bonds is 4. The molecule has 3 rings (SSSR count). The molecule has 0 radical (unpaired) electrons. The maximum Gasteiger partial charge on any atom is 0.266 e. The zero-order chi connectivity index (χ0) is 17.8. The first-order chi connectivity index (χ1) is 12.1. The fourth-order valence-electron chi connectivity index (χ4n) is 2.46. The molecule has 1 atom stereocenters. The highest BCUT2D eigenvalue weighted by Gasteiger charge is 2.29. The Bertz CT molecular complexity index is 817. The zero-order valence-corrected chi connectivity index (χ0v) is 13.5. The van der Waals surface area contributed by atoms with Crippen LogP contribution in [-0.4, -0.2) is 30.9 Å². The van der Waals surface area contributed by atoms with Crippen molar-refractivity contribution >= 4 is 29.1 Å². The lowest BCUT2D eigenvalue weighted by Crippen LogP contribution is -2.39. The highest BCUT2D eigenvalue weighted by Crippen LogP contribution is 2.29. The van der Waals surface area contributed by atoms with Crippen molar-refractivity contribution in [2.75, 3.05) is 17.7 Å². The number of ether oxygens (including phenoxy) is 1. The van der Waals surface area contributed by atoms with E-state index >= 15 is 0 Å². The van der Waals surface area contributed by atoms with E-state index < -0.39 is 6.10 Å². The van der Waals surface area contributed by atoms with Crippen molar-refractivity contribution < 1.29 is 19.1 Å². The van der Waals surface area contributed by atoms with Crippen molar-refractivity contribution in [2.24, 2.45) is 0 Å². The van der Waals surface area contributed by atoms with E-state index in [1.807, 2.05) is 0 Å². The van der Waals surface area contributed by atoms with E-state index in [1.165, 1.54) is 0 Å². The van der Waals surface area contributed by atoms with Crippen molar-refractivity contribution in [2.45, 2.75) is 12.5 Å². The largest absolute Gasteiger partial charge is 0.478 e. The molecule has 25 heavy (non-hydrogen) atoms. The van der Waals surface area contributed by atoms with Gasteiger partial charge in [-0.1, -0.05) is 12.1 Å². The van der Waals surface area contributed by atoms with Crippen LogP contribution in [0.2, 0.25) is 0 Å². The Hall–Kier alpha value is -3.35. The Kier molecular flexibility index (Phi) is 4.65. The smallest absolute Gasteiger partial charge is 0.266 e. The third-order valence-electron chi connectivity index (χ3n) is 3.74. The minimum atomic E-state index is -0.889. The van der Waals surface area contributed by atoms with Crippen LogP contribution in [0.15, 0.2) is 48.5 Å². The Balaban J connectivity index is 1.61. The van der Waals surface area contributed by atoms with Gasteiger partial charge in [0.25, 0.3) is 11.8 Å². The second-order valence-corrected chi connectivity index (χ2v) is 5.50. The summed E-state index contributed by atoms with van der Waals surface area (Å²) in [5.41, 5.74) is 1.62. The van der Waals surface area contributed by atoms with Crippen molar-refractivity contribution in [3.63, 3.8) is 0 Å². The van der Waals surface area contributed by atoms with Crippen molar-refractivity contribution in [1.29, 1.82) is 0 Å². The second kappa shape index (κ2) is 7.04. The summed E-state index contributed by atoms with van der Waals surface area (Å²) in [7, 11) is 1.55. The summed E-state index contributed by atoms with van der Waals surface area (Å²) in [6.07, 6.45) is -1.00. The molecule has 0 aliphatic carbocycles. The second-order valence-electron chi connectivity index (χ2n) is 5.50. The predicted octanol–water partition coefficient (Wildman–Crippen LogP) is 1.77. The molecule has 1 aliphatic heterocycles. The van der Waals surface area contributed by atoms with Crippen molar-refractivity contribution in [3.05, 3.63) is 54.1 Å². The molecule has 7 heteroatoms. The number of carbonyl (C=O) groups excluding carboxylic acids is 3. The van der Waals surface area contributed by atoms with E-state index in [9.17, 15) is 14.4 Å². The SMILES string of the molecule is CNC(=O)c1ccc(NC(=O)C[C@@H]2Oc3ccccc3NC2=O)cc1. The van der Waals surface area contributed by atoms with E-state index in [2.05, 4.69) is 16.0 Å². The predicted molar refractivity (Wildman–Crippen MR) is 92.6 cm³/mol. The van der Waals surface area contributed by atoms with Gasteiger partial charge >= 0.3 is 0 Å². The molecule has 2 aromatic rings. The van der Waals surface area contributed by atoms with Gasteiger partial charge in [-0.25, -0.2) is 0 Å². The molecule has 7 nitrogen and oxygen atoms in total. The average Bonchev–Trinajstić information content (AvgIpc) is 2.62. The van der Waals surface area contributed by atoms with E-state index in [4.69, 9.17) is 4.74 Å². The Morgan fingerprint density at radius 1 is 1.12 bits per heavy atom. The normalized spacial score (nSPS) is 15.4. The van der Waals surface area contributed by atoms with Crippen molar-refractivity contribution in [3.8, 4) is 5.75 Å². The molecule has 0 spiro atoms. The average molecular weight is 339 g/mol. The number of amides is 3. The summed E-state index contributed by atoms with van der Waals surface area (Å²) in [5.74, 6) is -0.380. The molecule has 128 valence electrons.